The molecular formula is C34H25N3O6. The van der Waals surface area contributed by atoms with E-state index >= 15 is 0 Å². The number of methoxy groups -OCH3 is 1. The first-order chi connectivity index (χ1) is 20.9. The van der Waals surface area contributed by atoms with Crippen molar-refractivity contribution in [3.63, 3.8) is 0 Å². The van der Waals surface area contributed by atoms with Gasteiger partial charge in [0.25, 0.3) is 5.69 Å². The van der Waals surface area contributed by atoms with E-state index in [0.29, 0.717) is 28.3 Å². The zero-order chi connectivity index (χ0) is 29.9. The molecular weight excluding hydrogens is 546 g/mol. The fraction of sp³-hybridized carbons (Fsp3) is 0.147. The van der Waals surface area contributed by atoms with E-state index in [9.17, 15) is 24.5 Å². The van der Waals surface area contributed by atoms with Gasteiger partial charge >= 0.3 is 0 Å². The number of non-ortho nitro benzene ring substituents is 1. The largest absolute Gasteiger partial charge is 0.497 e. The molecule has 1 saturated heterocycles. The number of ether oxygens (including phenoxy) is 1. The van der Waals surface area contributed by atoms with Gasteiger partial charge in [0.1, 0.15) is 17.2 Å². The first kappa shape index (κ1) is 26.3. The highest BCUT2D eigenvalue weighted by molar-refractivity contribution is 6.18. The minimum atomic E-state index is -1.47. The predicted octanol–water partition coefficient (Wildman–Crippen LogP) is 5.46. The maximum absolute atomic E-state index is 14.8. The van der Waals surface area contributed by atoms with Crippen LogP contribution >= 0.6 is 0 Å². The molecule has 0 aliphatic carbocycles. The van der Waals surface area contributed by atoms with Crippen molar-refractivity contribution in [1.82, 2.24) is 0 Å². The number of anilines is 2. The van der Waals surface area contributed by atoms with Crippen LogP contribution in [0, 0.1) is 16.0 Å². The van der Waals surface area contributed by atoms with Gasteiger partial charge in [0.05, 0.1) is 24.0 Å². The van der Waals surface area contributed by atoms with Gasteiger partial charge in [-0.15, -0.1) is 0 Å². The summed E-state index contributed by atoms with van der Waals surface area (Å²) in [6, 6.07) is 25.0. The number of para-hydroxylation sites is 2. The summed E-state index contributed by atoms with van der Waals surface area (Å²) in [5.41, 5.74) is 1.42. The van der Waals surface area contributed by atoms with Crippen LogP contribution in [-0.2, 0) is 10.2 Å². The zero-order valence-corrected chi connectivity index (χ0v) is 23.0. The van der Waals surface area contributed by atoms with E-state index in [1.54, 1.807) is 30.3 Å². The summed E-state index contributed by atoms with van der Waals surface area (Å²) in [7, 11) is 1.53. The topological polar surface area (TPSA) is 119 Å². The normalized spacial score (nSPS) is 22.9. The molecule has 0 saturated carbocycles. The number of benzene rings is 4. The molecule has 9 heteroatoms. The van der Waals surface area contributed by atoms with Crippen LogP contribution in [0.2, 0.25) is 0 Å². The number of ketones is 2. The Labute approximate surface area is 246 Å². The number of rotatable bonds is 6. The van der Waals surface area contributed by atoms with Crippen LogP contribution in [0.15, 0.2) is 103 Å². The molecule has 7 rings (SSSR count). The monoisotopic (exact) mass is 571 g/mol. The quantitative estimate of drug-likeness (QED) is 0.185. The van der Waals surface area contributed by atoms with Gasteiger partial charge in [-0.25, -0.2) is 0 Å². The fourth-order valence-corrected chi connectivity index (χ4v) is 7.00. The Morgan fingerprint density at radius 2 is 1.65 bits per heavy atom. The number of amides is 1. The third kappa shape index (κ3) is 3.74. The maximum Gasteiger partial charge on any atom is 0.270 e. The lowest BCUT2D eigenvalue weighted by Gasteiger charge is -2.37. The van der Waals surface area contributed by atoms with Crippen molar-refractivity contribution in [2.75, 3.05) is 17.3 Å². The van der Waals surface area contributed by atoms with E-state index in [4.69, 9.17) is 4.74 Å². The molecule has 4 atom stereocenters. The number of nitrogens with zero attached hydrogens (tertiary/aromatic N) is 2. The van der Waals surface area contributed by atoms with E-state index < -0.39 is 39.9 Å². The number of nitrogens with one attached hydrogen (secondary N) is 1. The van der Waals surface area contributed by atoms with Gasteiger partial charge in [-0.3, -0.25) is 24.5 Å². The van der Waals surface area contributed by atoms with Gasteiger partial charge in [-0.05, 0) is 47.5 Å². The molecule has 0 unspecified atom stereocenters. The minimum absolute atomic E-state index is 0.0845. The third-order valence-corrected chi connectivity index (χ3v) is 8.81. The summed E-state index contributed by atoms with van der Waals surface area (Å²) in [4.78, 5) is 56.8. The second kappa shape index (κ2) is 9.77. The molecule has 9 nitrogen and oxygen atoms in total. The Kier molecular flexibility index (Phi) is 5.98. The highest BCUT2D eigenvalue weighted by Gasteiger charge is 2.70. The second-order valence-electron chi connectivity index (χ2n) is 10.8. The van der Waals surface area contributed by atoms with E-state index in [1.165, 1.54) is 31.4 Å². The van der Waals surface area contributed by atoms with Crippen molar-refractivity contribution < 1.29 is 24.0 Å². The van der Waals surface area contributed by atoms with Gasteiger partial charge in [-0.1, -0.05) is 60.7 Å². The van der Waals surface area contributed by atoms with Gasteiger partial charge in [0.2, 0.25) is 5.91 Å². The SMILES string of the molecule is COc1ccc(C(=O)[C@H]2[C@@H](C(=O)c3cccc([N+](=O)[O-])c3)N3c4ccccc4C=C[C@@H]3[C@]23C(=O)Nc2ccccc23)cc1. The van der Waals surface area contributed by atoms with Crippen LogP contribution in [-0.4, -0.2) is 41.6 Å². The molecule has 0 aromatic heterocycles. The molecule has 1 spiro atoms. The van der Waals surface area contributed by atoms with Crippen molar-refractivity contribution >= 4 is 40.6 Å². The average Bonchev–Trinajstić information content (AvgIpc) is 3.52. The smallest absolute Gasteiger partial charge is 0.270 e. The van der Waals surface area contributed by atoms with Crippen LogP contribution in [0.5, 0.6) is 5.75 Å². The molecule has 212 valence electrons. The third-order valence-electron chi connectivity index (χ3n) is 8.81. The van der Waals surface area contributed by atoms with Crippen LogP contribution in [0.1, 0.15) is 31.8 Å². The molecule has 3 aliphatic rings. The molecule has 1 N–H and O–H groups in total. The molecule has 3 heterocycles. The van der Waals surface area contributed by atoms with Gasteiger partial charge in [-0.2, -0.15) is 0 Å². The molecule has 0 radical (unpaired) electrons. The molecule has 43 heavy (non-hydrogen) atoms. The Bertz CT molecular complexity index is 1870. The summed E-state index contributed by atoms with van der Waals surface area (Å²) in [6.07, 6.45) is 3.81. The number of carbonyl (C=O) groups excluding carboxylic acids is 3. The average molecular weight is 572 g/mol. The van der Waals surface area contributed by atoms with Crippen molar-refractivity contribution in [3.8, 4) is 5.75 Å². The van der Waals surface area contributed by atoms with Crippen LogP contribution in [0.4, 0.5) is 17.1 Å². The molecule has 3 aliphatic heterocycles. The van der Waals surface area contributed by atoms with Crippen molar-refractivity contribution in [3.05, 3.63) is 136 Å². The number of fused-ring (bicyclic) bond motifs is 6. The Balaban J connectivity index is 1.52. The lowest BCUT2D eigenvalue weighted by atomic mass is 9.64. The standard InChI is InChI=1S/C34H25N3O6/c1-43-24-16-13-21(14-17-24)31(38)29-30(32(39)22-8-6-9-23(19-22)37(41)42)36-27-12-5-2-7-20(27)15-18-28(36)34(29)25-10-3-4-11-26(25)35-33(34)40/h2-19,28-30H,1H3,(H,35,40)/t28-,29-,30+,34+/m1/s1. The Morgan fingerprint density at radius 3 is 2.42 bits per heavy atom. The minimum Gasteiger partial charge on any atom is -0.497 e. The van der Waals surface area contributed by atoms with Crippen LogP contribution < -0.4 is 15.0 Å². The highest BCUT2D eigenvalue weighted by atomic mass is 16.6. The highest BCUT2D eigenvalue weighted by Crippen LogP contribution is 2.58. The lowest BCUT2D eigenvalue weighted by molar-refractivity contribution is -0.384. The molecule has 1 amide bonds. The van der Waals surface area contributed by atoms with E-state index in [1.807, 2.05) is 59.5 Å². The Morgan fingerprint density at radius 1 is 0.907 bits per heavy atom. The van der Waals surface area contributed by atoms with E-state index in [2.05, 4.69) is 5.32 Å². The number of nitro groups is 1. The summed E-state index contributed by atoms with van der Waals surface area (Å²) in [5, 5.41) is 14.6. The van der Waals surface area contributed by atoms with Crippen LogP contribution in [0.25, 0.3) is 6.08 Å². The van der Waals surface area contributed by atoms with Crippen molar-refractivity contribution in [2.45, 2.75) is 17.5 Å². The lowest BCUT2D eigenvalue weighted by Crippen LogP contribution is -2.51. The molecule has 4 aromatic rings. The number of carbonyl (C=O) groups is 3. The molecule has 0 bridgehead atoms. The van der Waals surface area contributed by atoms with Crippen molar-refractivity contribution in [1.29, 1.82) is 0 Å². The second-order valence-corrected chi connectivity index (χ2v) is 10.8. The van der Waals surface area contributed by atoms with Gasteiger partial charge < -0.3 is 15.0 Å². The maximum atomic E-state index is 14.8. The first-order valence-electron chi connectivity index (χ1n) is 13.8. The number of hydrogen-bond donors (Lipinski definition) is 1. The summed E-state index contributed by atoms with van der Waals surface area (Å²) < 4.78 is 5.29. The zero-order valence-electron chi connectivity index (χ0n) is 23.0. The Hall–Kier alpha value is -5.57. The van der Waals surface area contributed by atoms with Crippen molar-refractivity contribution in [2.24, 2.45) is 5.92 Å². The van der Waals surface area contributed by atoms with Crippen LogP contribution in [0.3, 0.4) is 0 Å². The van der Waals surface area contributed by atoms with Gasteiger partial charge in [0, 0.05) is 34.6 Å². The summed E-state index contributed by atoms with van der Waals surface area (Å²) >= 11 is 0. The predicted molar refractivity (Wildman–Crippen MR) is 161 cm³/mol. The van der Waals surface area contributed by atoms with E-state index in [-0.39, 0.29) is 17.2 Å². The molecule has 1 fully saturated rings. The van der Waals surface area contributed by atoms with E-state index in [0.717, 1.165) is 5.56 Å². The molecule has 4 aromatic carbocycles. The number of nitro benzene ring substituents is 1. The van der Waals surface area contributed by atoms with Gasteiger partial charge in [0.15, 0.2) is 11.6 Å². The first-order valence-corrected chi connectivity index (χ1v) is 13.8. The summed E-state index contributed by atoms with van der Waals surface area (Å²) in [6.45, 7) is 0. The number of Topliss-reactive ketones (excluding diaryl/α,β-unsaturated/α-hetero) is 2. The number of hydrogen-bond acceptors (Lipinski definition) is 7. The summed E-state index contributed by atoms with van der Waals surface area (Å²) in [5.74, 6) is -1.88. The fourth-order valence-electron chi connectivity index (χ4n) is 7.00.